The van der Waals surface area contributed by atoms with Gasteiger partial charge in [-0.3, -0.25) is 0 Å². The SMILES string of the molecule is c1ccc2c(c1)ccc1c(-c3ccc(-c4c5ccc6ccccc6c5nc5c4ccc4ccccc45)cc3)c3ccc4ccccc4c3nc12. The molecule has 0 saturated heterocycles. The lowest BCUT2D eigenvalue weighted by Gasteiger charge is -2.17. The van der Waals surface area contributed by atoms with E-state index >= 15 is 0 Å². The van der Waals surface area contributed by atoms with Crippen LogP contribution in [0.5, 0.6) is 0 Å². The number of hydrogen-bond acceptors (Lipinski definition) is 2. The van der Waals surface area contributed by atoms with Crippen molar-refractivity contribution in [2.75, 3.05) is 0 Å². The van der Waals surface area contributed by atoms with Crippen molar-refractivity contribution < 1.29 is 0 Å². The molecule has 0 atom stereocenters. The molecule has 0 N–H and O–H groups in total. The first-order valence-corrected chi connectivity index (χ1v) is 17.2. The Morgan fingerprint density at radius 1 is 0.220 bits per heavy atom. The third-order valence-corrected chi connectivity index (χ3v) is 10.6. The molecular formula is C48H28N2. The van der Waals surface area contributed by atoms with E-state index in [-0.39, 0.29) is 0 Å². The number of nitrogens with zero attached hydrogens (tertiary/aromatic N) is 2. The highest BCUT2D eigenvalue weighted by molar-refractivity contribution is 6.23. The molecule has 0 spiro atoms. The number of pyridine rings is 2. The zero-order valence-electron chi connectivity index (χ0n) is 27.1. The van der Waals surface area contributed by atoms with Crippen molar-refractivity contribution in [3.8, 4) is 22.3 Å². The van der Waals surface area contributed by atoms with Crippen LogP contribution in [-0.2, 0) is 0 Å². The van der Waals surface area contributed by atoms with E-state index in [4.69, 9.17) is 9.97 Å². The van der Waals surface area contributed by atoms with Gasteiger partial charge in [0.2, 0.25) is 0 Å². The van der Waals surface area contributed by atoms with E-state index in [0.717, 1.165) is 43.6 Å². The molecule has 0 saturated carbocycles. The molecule has 11 rings (SSSR count). The fourth-order valence-electron chi connectivity index (χ4n) is 8.25. The van der Waals surface area contributed by atoms with Gasteiger partial charge in [-0.2, -0.15) is 0 Å². The number of fused-ring (bicyclic) bond motifs is 12. The second-order valence-electron chi connectivity index (χ2n) is 13.3. The van der Waals surface area contributed by atoms with Crippen molar-refractivity contribution >= 4 is 86.7 Å². The minimum Gasteiger partial charge on any atom is -0.246 e. The summed E-state index contributed by atoms with van der Waals surface area (Å²) in [6.45, 7) is 0. The smallest absolute Gasteiger partial charge is 0.0794 e. The average molecular weight is 633 g/mol. The Kier molecular flexibility index (Phi) is 5.70. The van der Waals surface area contributed by atoms with Crippen molar-refractivity contribution in [3.05, 3.63) is 170 Å². The van der Waals surface area contributed by atoms with Crippen molar-refractivity contribution in [1.82, 2.24) is 9.97 Å². The van der Waals surface area contributed by atoms with Crippen molar-refractivity contribution in [3.63, 3.8) is 0 Å². The Bertz CT molecular complexity index is 2790. The molecule has 0 radical (unpaired) electrons. The maximum atomic E-state index is 5.40. The maximum Gasteiger partial charge on any atom is 0.0794 e. The molecule has 0 unspecified atom stereocenters. The molecule has 9 aromatic carbocycles. The summed E-state index contributed by atoms with van der Waals surface area (Å²) in [5.41, 5.74) is 8.94. The van der Waals surface area contributed by atoms with E-state index in [1.165, 1.54) is 65.3 Å². The van der Waals surface area contributed by atoms with E-state index in [1.54, 1.807) is 0 Å². The second-order valence-corrected chi connectivity index (χ2v) is 13.3. The largest absolute Gasteiger partial charge is 0.246 e. The van der Waals surface area contributed by atoms with Gasteiger partial charge in [0.05, 0.1) is 22.1 Å². The van der Waals surface area contributed by atoms with E-state index in [2.05, 4.69) is 170 Å². The van der Waals surface area contributed by atoms with E-state index in [1.807, 2.05) is 0 Å². The molecule has 0 bridgehead atoms. The van der Waals surface area contributed by atoms with Crippen LogP contribution in [0.4, 0.5) is 0 Å². The Balaban J connectivity index is 1.21. The third kappa shape index (κ3) is 3.90. The number of hydrogen-bond donors (Lipinski definition) is 0. The van der Waals surface area contributed by atoms with Crippen LogP contribution in [0.3, 0.4) is 0 Å². The number of aromatic nitrogens is 2. The lowest BCUT2D eigenvalue weighted by molar-refractivity contribution is 1.52. The predicted octanol–water partition coefficient (Wildman–Crippen LogP) is 13.0. The lowest BCUT2D eigenvalue weighted by Crippen LogP contribution is -1.93. The predicted molar refractivity (Wildman–Crippen MR) is 213 cm³/mol. The highest BCUT2D eigenvalue weighted by atomic mass is 14.7. The van der Waals surface area contributed by atoms with E-state index in [0.29, 0.717) is 0 Å². The molecule has 0 fully saturated rings. The van der Waals surface area contributed by atoms with Gasteiger partial charge in [0, 0.05) is 54.2 Å². The highest BCUT2D eigenvalue weighted by Gasteiger charge is 2.18. The van der Waals surface area contributed by atoms with Crippen molar-refractivity contribution in [1.29, 1.82) is 0 Å². The molecule has 2 aromatic heterocycles. The van der Waals surface area contributed by atoms with Gasteiger partial charge in [-0.15, -0.1) is 0 Å². The van der Waals surface area contributed by atoms with Crippen molar-refractivity contribution in [2.24, 2.45) is 0 Å². The third-order valence-electron chi connectivity index (χ3n) is 10.6. The first kappa shape index (κ1) is 27.3. The van der Waals surface area contributed by atoms with Crippen molar-refractivity contribution in [2.45, 2.75) is 0 Å². The Morgan fingerprint density at radius 3 is 0.760 bits per heavy atom. The topological polar surface area (TPSA) is 25.8 Å². The number of benzene rings is 9. The first-order chi connectivity index (χ1) is 24.8. The molecule has 11 aromatic rings. The van der Waals surface area contributed by atoms with E-state index in [9.17, 15) is 0 Å². The molecule has 0 amide bonds. The van der Waals surface area contributed by atoms with Gasteiger partial charge < -0.3 is 0 Å². The van der Waals surface area contributed by atoms with Crippen LogP contribution >= 0.6 is 0 Å². The molecule has 50 heavy (non-hydrogen) atoms. The molecule has 0 aliphatic carbocycles. The lowest BCUT2D eigenvalue weighted by atomic mass is 9.89. The quantitative estimate of drug-likeness (QED) is 0.140. The molecule has 0 aliphatic heterocycles. The first-order valence-electron chi connectivity index (χ1n) is 17.2. The van der Waals surface area contributed by atoms with Gasteiger partial charge >= 0.3 is 0 Å². The van der Waals surface area contributed by atoms with Crippen LogP contribution in [0.25, 0.3) is 109 Å². The average Bonchev–Trinajstić information content (AvgIpc) is 3.19. The van der Waals surface area contributed by atoms with Crippen LogP contribution < -0.4 is 0 Å². The Morgan fingerprint density at radius 2 is 0.480 bits per heavy atom. The van der Waals surface area contributed by atoms with Gasteiger partial charge in [0.25, 0.3) is 0 Å². The summed E-state index contributed by atoms with van der Waals surface area (Å²) in [6, 6.07) is 61.5. The monoisotopic (exact) mass is 632 g/mol. The fraction of sp³-hybridized carbons (Fsp3) is 0. The van der Waals surface area contributed by atoms with Crippen LogP contribution in [0.2, 0.25) is 0 Å². The molecule has 2 heterocycles. The summed E-state index contributed by atoms with van der Waals surface area (Å²) in [7, 11) is 0. The summed E-state index contributed by atoms with van der Waals surface area (Å²) in [5.74, 6) is 0. The Labute approximate surface area is 287 Å². The summed E-state index contributed by atoms with van der Waals surface area (Å²) in [5, 5.41) is 14.1. The van der Waals surface area contributed by atoms with Gasteiger partial charge in [0.15, 0.2) is 0 Å². The zero-order chi connectivity index (χ0) is 32.8. The van der Waals surface area contributed by atoms with E-state index < -0.39 is 0 Å². The van der Waals surface area contributed by atoms with Crippen LogP contribution in [0.15, 0.2) is 170 Å². The standard InChI is InChI=1S/C48H28N2/c1-5-13-35-29(9-1)21-25-39-43(40-26-22-30-10-2-6-14-36(30)46(40)49-45(35)39)33-17-19-34(20-18-33)44-41-27-23-31-11-3-7-15-37(31)47(41)50-48-38-16-8-4-12-32(38)24-28-42(44)48/h1-28H. The molecule has 2 heteroatoms. The molecular weight excluding hydrogens is 605 g/mol. The maximum absolute atomic E-state index is 5.40. The highest BCUT2D eigenvalue weighted by Crippen LogP contribution is 2.43. The summed E-state index contributed by atoms with van der Waals surface area (Å²) < 4.78 is 0. The summed E-state index contributed by atoms with van der Waals surface area (Å²) >= 11 is 0. The summed E-state index contributed by atoms with van der Waals surface area (Å²) in [4.78, 5) is 10.8. The van der Waals surface area contributed by atoms with Crippen LogP contribution in [0.1, 0.15) is 0 Å². The Hall–Kier alpha value is -6.64. The minimum atomic E-state index is 1.04. The second kappa shape index (κ2) is 10.4. The van der Waals surface area contributed by atoms with Gasteiger partial charge in [0.1, 0.15) is 0 Å². The fourth-order valence-corrected chi connectivity index (χ4v) is 8.25. The molecule has 230 valence electrons. The normalized spacial score (nSPS) is 12.0. The van der Waals surface area contributed by atoms with Gasteiger partial charge in [-0.05, 0) is 32.7 Å². The van der Waals surface area contributed by atoms with Crippen LogP contribution in [0, 0.1) is 0 Å². The summed E-state index contributed by atoms with van der Waals surface area (Å²) in [6.07, 6.45) is 0. The van der Waals surface area contributed by atoms with Gasteiger partial charge in [-0.25, -0.2) is 9.97 Å². The van der Waals surface area contributed by atoms with Gasteiger partial charge in [-0.1, -0.05) is 170 Å². The zero-order valence-corrected chi connectivity index (χ0v) is 27.1. The minimum absolute atomic E-state index is 1.04. The molecule has 0 aliphatic rings. The van der Waals surface area contributed by atoms with Crippen LogP contribution in [-0.4, -0.2) is 9.97 Å². The number of rotatable bonds is 2. The molecule has 2 nitrogen and oxygen atoms in total.